The van der Waals surface area contributed by atoms with Gasteiger partial charge in [0.05, 0.1) is 17.9 Å². The van der Waals surface area contributed by atoms with Crippen LogP contribution in [0.3, 0.4) is 0 Å². The van der Waals surface area contributed by atoms with Crippen LogP contribution in [0.25, 0.3) is 22.0 Å². The molecule has 0 aromatic carbocycles. The highest BCUT2D eigenvalue weighted by Crippen LogP contribution is 2.24. The molecule has 7 heteroatoms. The summed E-state index contributed by atoms with van der Waals surface area (Å²) in [4.78, 5) is 24.0. The van der Waals surface area contributed by atoms with Gasteiger partial charge in [-0.05, 0) is 44.0 Å². The average Bonchev–Trinajstić information content (AvgIpc) is 3.22. The van der Waals surface area contributed by atoms with Crippen LogP contribution >= 0.6 is 0 Å². The lowest BCUT2D eigenvalue weighted by Gasteiger charge is -2.32. The minimum Gasteiger partial charge on any atom is -0.310 e. The van der Waals surface area contributed by atoms with Crippen molar-refractivity contribution in [2.45, 2.75) is 26.7 Å². The summed E-state index contributed by atoms with van der Waals surface area (Å²) in [5, 5.41) is 10.7. The highest BCUT2D eigenvalue weighted by molar-refractivity contribution is 5.94. The summed E-state index contributed by atoms with van der Waals surface area (Å²) >= 11 is 0. The maximum Gasteiger partial charge on any atom is 0.228 e. The average molecular weight is 378 g/mol. The second-order valence-corrected chi connectivity index (χ2v) is 7.93. The van der Waals surface area contributed by atoms with Gasteiger partial charge < -0.3 is 10.2 Å². The van der Waals surface area contributed by atoms with Gasteiger partial charge in [-0.1, -0.05) is 13.8 Å². The Morgan fingerprint density at radius 2 is 2.00 bits per heavy atom. The maximum absolute atomic E-state index is 12.7. The Balaban J connectivity index is 1.43. The molecule has 1 aliphatic rings. The smallest absolute Gasteiger partial charge is 0.228 e. The molecule has 0 aliphatic carbocycles. The van der Waals surface area contributed by atoms with Crippen molar-refractivity contribution in [3.63, 3.8) is 0 Å². The summed E-state index contributed by atoms with van der Waals surface area (Å²) in [5.41, 5.74) is 2.75. The lowest BCUT2D eigenvalue weighted by atomic mass is 9.95. The largest absolute Gasteiger partial charge is 0.310 e. The van der Waals surface area contributed by atoms with E-state index in [1.165, 1.54) is 0 Å². The Hall–Kier alpha value is -2.80. The van der Waals surface area contributed by atoms with Crippen LogP contribution in [0.4, 0.5) is 5.82 Å². The number of rotatable bonds is 5. The Labute approximate surface area is 164 Å². The molecule has 1 amide bonds. The van der Waals surface area contributed by atoms with E-state index in [0.29, 0.717) is 11.7 Å². The molecule has 1 fully saturated rings. The standard InChI is InChI=1S/C21H26N6O/c1-14(2)13-27-5-3-15(4-6-27)21(28)26-20-8-16-7-17(18-10-24-25-11-18)9-22-19(16)12-23-20/h7-12,14-15H,3-6,13H2,1-2H3,(H,24,25)(H,23,26,28). The predicted octanol–water partition coefficient (Wildman–Crippen LogP) is 3.33. The van der Waals surface area contributed by atoms with E-state index >= 15 is 0 Å². The Morgan fingerprint density at radius 3 is 2.71 bits per heavy atom. The van der Waals surface area contributed by atoms with Crippen LogP contribution in [-0.2, 0) is 4.79 Å². The van der Waals surface area contributed by atoms with Crippen molar-refractivity contribution in [3.8, 4) is 11.1 Å². The van der Waals surface area contributed by atoms with E-state index in [4.69, 9.17) is 0 Å². The van der Waals surface area contributed by atoms with Crippen molar-refractivity contribution >= 4 is 22.6 Å². The topological polar surface area (TPSA) is 86.8 Å². The fourth-order valence-electron chi connectivity index (χ4n) is 3.79. The normalized spacial score (nSPS) is 16.0. The number of aromatic nitrogens is 4. The molecule has 0 radical (unpaired) electrons. The first-order valence-electron chi connectivity index (χ1n) is 9.86. The van der Waals surface area contributed by atoms with Crippen LogP contribution in [0, 0.1) is 11.8 Å². The minimum atomic E-state index is 0.0521. The fraction of sp³-hybridized carbons (Fsp3) is 0.429. The number of H-pyrrole nitrogens is 1. The molecular weight excluding hydrogens is 352 g/mol. The Kier molecular flexibility index (Phi) is 5.34. The lowest BCUT2D eigenvalue weighted by molar-refractivity contribution is -0.121. The van der Waals surface area contributed by atoms with Gasteiger partial charge >= 0.3 is 0 Å². The van der Waals surface area contributed by atoms with E-state index in [1.807, 2.05) is 18.3 Å². The number of hydrogen-bond acceptors (Lipinski definition) is 5. The summed E-state index contributed by atoms with van der Waals surface area (Å²) in [6, 6.07) is 3.92. The van der Waals surface area contributed by atoms with Gasteiger partial charge in [-0.25, -0.2) is 4.98 Å². The first-order valence-corrected chi connectivity index (χ1v) is 9.86. The molecule has 1 aliphatic heterocycles. The van der Waals surface area contributed by atoms with Crippen molar-refractivity contribution in [2.24, 2.45) is 11.8 Å². The zero-order chi connectivity index (χ0) is 19.5. The summed E-state index contributed by atoms with van der Waals surface area (Å²) in [6.45, 7) is 7.54. The molecule has 28 heavy (non-hydrogen) atoms. The third kappa shape index (κ3) is 4.20. The van der Waals surface area contributed by atoms with Crippen LogP contribution in [0.1, 0.15) is 26.7 Å². The molecule has 0 atom stereocenters. The van der Waals surface area contributed by atoms with Crippen LogP contribution < -0.4 is 5.32 Å². The monoisotopic (exact) mass is 378 g/mol. The van der Waals surface area contributed by atoms with Gasteiger partial charge in [0.25, 0.3) is 0 Å². The molecule has 7 nitrogen and oxygen atoms in total. The molecule has 0 bridgehead atoms. The summed E-state index contributed by atoms with van der Waals surface area (Å²) in [6.07, 6.45) is 8.90. The molecular formula is C21H26N6O. The Morgan fingerprint density at radius 1 is 1.18 bits per heavy atom. The zero-order valence-electron chi connectivity index (χ0n) is 16.4. The number of nitrogens with zero attached hydrogens (tertiary/aromatic N) is 4. The van der Waals surface area contributed by atoms with E-state index < -0.39 is 0 Å². The molecule has 3 aromatic heterocycles. The van der Waals surface area contributed by atoms with Crippen molar-refractivity contribution in [3.05, 3.63) is 36.9 Å². The highest BCUT2D eigenvalue weighted by atomic mass is 16.1. The van der Waals surface area contributed by atoms with Crippen molar-refractivity contribution in [2.75, 3.05) is 25.0 Å². The number of anilines is 1. The number of fused-ring (bicyclic) bond motifs is 1. The number of pyridine rings is 2. The molecule has 0 unspecified atom stereocenters. The number of likely N-dealkylation sites (tertiary alicyclic amines) is 1. The zero-order valence-corrected chi connectivity index (χ0v) is 16.4. The predicted molar refractivity (Wildman–Crippen MR) is 110 cm³/mol. The molecule has 0 spiro atoms. The van der Waals surface area contributed by atoms with E-state index in [-0.39, 0.29) is 11.8 Å². The van der Waals surface area contributed by atoms with E-state index in [1.54, 1.807) is 18.6 Å². The van der Waals surface area contributed by atoms with Crippen LogP contribution in [0.2, 0.25) is 0 Å². The molecule has 146 valence electrons. The third-order valence-corrected chi connectivity index (χ3v) is 5.23. The van der Waals surface area contributed by atoms with Crippen molar-refractivity contribution < 1.29 is 4.79 Å². The SMILES string of the molecule is CC(C)CN1CCC(C(=O)Nc2cc3cc(-c4cn[nH]c4)cnc3cn2)CC1. The summed E-state index contributed by atoms with van der Waals surface area (Å²) in [5.74, 6) is 1.35. The van der Waals surface area contributed by atoms with Crippen LogP contribution in [-0.4, -0.2) is 50.6 Å². The van der Waals surface area contributed by atoms with Gasteiger partial charge in [0.1, 0.15) is 5.82 Å². The number of nitrogens with one attached hydrogen (secondary N) is 2. The molecule has 1 saturated heterocycles. The lowest BCUT2D eigenvalue weighted by Crippen LogP contribution is -2.39. The summed E-state index contributed by atoms with van der Waals surface area (Å²) in [7, 11) is 0. The highest BCUT2D eigenvalue weighted by Gasteiger charge is 2.25. The number of carbonyl (C=O) groups excluding carboxylic acids is 1. The number of amides is 1. The summed E-state index contributed by atoms with van der Waals surface area (Å²) < 4.78 is 0. The van der Waals surface area contributed by atoms with Gasteiger partial charge in [-0.15, -0.1) is 0 Å². The number of hydrogen-bond donors (Lipinski definition) is 2. The fourth-order valence-corrected chi connectivity index (χ4v) is 3.79. The Bertz CT molecular complexity index is 945. The first-order chi connectivity index (χ1) is 13.6. The van der Waals surface area contributed by atoms with Crippen LogP contribution in [0.15, 0.2) is 36.9 Å². The maximum atomic E-state index is 12.7. The quantitative estimate of drug-likeness (QED) is 0.711. The van der Waals surface area contributed by atoms with E-state index in [9.17, 15) is 4.79 Å². The van der Waals surface area contributed by atoms with E-state index in [0.717, 1.165) is 54.5 Å². The second kappa shape index (κ2) is 8.06. The molecule has 0 saturated carbocycles. The number of aromatic amines is 1. The van der Waals surface area contributed by atoms with Crippen molar-refractivity contribution in [1.29, 1.82) is 0 Å². The molecule has 3 aromatic rings. The third-order valence-electron chi connectivity index (χ3n) is 5.23. The molecule has 4 rings (SSSR count). The van der Waals surface area contributed by atoms with Gasteiger partial charge in [-0.3, -0.25) is 14.9 Å². The number of piperidine rings is 1. The molecule has 4 heterocycles. The van der Waals surface area contributed by atoms with Gasteiger partial charge in [-0.2, -0.15) is 5.10 Å². The van der Waals surface area contributed by atoms with Gasteiger partial charge in [0, 0.05) is 41.4 Å². The first kappa shape index (κ1) is 18.6. The van der Waals surface area contributed by atoms with E-state index in [2.05, 4.69) is 44.2 Å². The minimum absolute atomic E-state index is 0.0521. The van der Waals surface area contributed by atoms with Crippen molar-refractivity contribution in [1.82, 2.24) is 25.1 Å². The molecule has 2 N–H and O–H groups in total. The van der Waals surface area contributed by atoms with Crippen LogP contribution in [0.5, 0.6) is 0 Å². The number of carbonyl (C=O) groups is 1. The van der Waals surface area contributed by atoms with Gasteiger partial charge in [0.15, 0.2) is 0 Å². The second-order valence-electron chi connectivity index (χ2n) is 7.93. The van der Waals surface area contributed by atoms with Gasteiger partial charge in [0.2, 0.25) is 5.91 Å².